The third-order valence-electron chi connectivity index (χ3n) is 6.43. The molecule has 2 aromatic rings. The maximum Gasteiger partial charge on any atom is 0.260 e. The number of likely N-dealkylation sites (tertiary alicyclic amines) is 2. The van der Waals surface area contributed by atoms with E-state index in [1.165, 1.54) is 5.56 Å². The number of carbonyl (C=O) groups is 1. The Hall–Kier alpha value is -2.37. The maximum atomic E-state index is 12.7. The second-order valence-electron chi connectivity index (χ2n) is 9.33. The Morgan fingerprint density at radius 3 is 2.57 bits per heavy atom. The summed E-state index contributed by atoms with van der Waals surface area (Å²) in [7, 11) is 4.29. The van der Waals surface area contributed by atoms with E-state index in [0.29, 0.717) is 5.92 Å². The molecule has 2 heterocycles. The molecule has 0 N–H and O–H groups in total. The van der Waals surface area contributed by atoms with Crippen molar-refractivity contribution in [2.75, 3.05) is 53.4 Å². The van der Waals surface area contributed by atoms with Crippen molar-refractivity contribution in [2.24, 2.45) is 11.3 Å². The van der Waals surface area contributed by atoms with Gasteiger partial charge >= 0.3 is 0 Å². The Bertz CT molecular complexity index is 862. The van der Waals surface area contributed by atoms with Gasteiger partial charge in [-0.3, -0.25) is 9.69 Å². The molecule has 1 atom stereocenters. The standard InChI is InChI=1S/C25H33N3O2/c1-20-8-7-11-23(12-20)30-16-24(29)28-18-25(19-28)17-27(15-22(25)14-26(2)3)13-21-9-5-4-6-10-21/h4-12,22H,13-19H2,1-3H3. The van der Waals surface area contributed by atoms with E-state index in [4.69, 9.17) is 4.74 Å². The molecular formula is C25H33N3O2. The molecule has 0 saturated carbocycles. The van der Waals surface area contributed by atoms with Crippen molar-refractivity contribution in [3.63, 3.8) is 0 Å². The van der Waals surface area contributed by atoms with Crippen LogP contribution < -0.4 is 4.74 Å². The van der Waals surface area contributed by atoms with Crippen molar-refractivity contribution in [3.05, 3.63) is 65.7 Å². The van der Waals surface area contributed by atoms with Gasteiger partial charge in [-0.2, -0.15) is 0 Å². The number of benzene rings is 2. The van der Waals surface area contributed by atoms with Gasteiger partial charge in [0.2, 0.25) is 0 Å². The second kappa shape index (κ2) is 8.78. The summed E-state index contributed by atoms with van der Waals surface area (Å²) in [6, 6.07) is 18.5. The number of amides is 1. The summed E-state index contributed by atoms with van der Waals surface area (Å²) in [5.74, 6) is 1.43. The van der Waals surface area contributed by atoms with E-state index in [1.807, 2.05) is 36.1 Å². The van der Waals surface area contributed by atoms with Crippen LogP contribution in [0.15, 0.2) is 54.6 Å². The molecule has 2 fully saturated rings. The molecule has 0 aliphatic carbocycles. The molecule has 30 heavy (non-hydrogen) atoms. The van der Waals surface area contributed by atoms with Crippen LogP contribution in [-0.2, 0) is 11.3 Å². The fourth-order valence-corrected chi connectivity index (χ4v) is 4.99. The fraction of sp³-hybridized carbons (Fsp3) is 0.480. The number of ether oxygens (including phenoxy) is 1. The largest absolute Gasteiger partial charge is 0.484 e. The molecule has 1 unspecified atom stereocenters. The number of hydrogen-bond donors (Lipinski definition) is 0. The Morgan fingerprint density at radius 1 is 1.10 bits per heavy atom. The molecule has 0 bridgehead atoms. The zero-order valence-corrected chi connectivity index (χ0v) is 18.4. The van der Waals surface area contributed by atoms with Crippen molar-refractivity contribution >= 4 is 5.91 Å². The Kier molecular flexibility index (Phi) is 6.11. The van der Waals surface area contributed by atoms with Gasteiger partial charge in [0.05, 0.1) is 0 Å². The van der Waals surface area contributed by atoms with E-state index < -0.39 is 0 Å². The number of carbonyl (C=O) groups excluding carboxylic acids is 1. The molecule has 1 amide bonds. The highest BCUT2D eigenvalue weighted by Crippen LogP contribution is 2.44. The van der Waals surface area contributed by atoms with Crippen LogP contribution in [0.25, 0.3) is 0 Å². The summed E-state index contributed by atoms with van der Waals surface area (Å²) in [4.78, 5) is 19.5. The zero-order chi connectivity index (χ0) is 21.1. The first kappa shape index (κ1) is 20.9. The van der Waals surface area contributed by atoms with E-state index in [0.717, 1.165) is 50.6 Å². The normalized spacial score (nSPS) is 20.5. The predicted molar refractivity (Wildman–Crippen MR) is 119 cm³/mol. The van der Waals surface area contributed by atoms with Crippen molar-refractivity contribution in [3.8, 4) is 5.75 Å². The lowest BCUT2D eigenvalue weighted by molar-refractivity contribution is -0.147. The Labute approximate surface area is 180 Å². The van der Waals surface area contributed by atoms with Gasteiger partial charge in [-0.05, 0) is 50.2 Å². The highest BCUT2D eigenvalue weighted by Gasteiger charge is 2.55. The van der Waals surface area contributed by atoms with Gasteiger partial charge in [0, 0.05) is 44.7 Å². The summed E-state index contributed by atoms with van der Waals surface area (Å²) < 4.78 is 5.74. The lowest BCUT2D eigenvalue weighted by Crippen LogP contribution is -2.63. The summed E-state index contributed by atoms with van der Waals surface area (Å²) >= 11 is 0. The van der Waals surface area contributed by atoms with Gasteiger partial charge in [-0.15, -0.1) is 0 Å². The molecule has 0 aromatic heterocycles. The first-order chi connectivity index (χ1) is 14.4. The van der Waals surface area contributed by atoms with Crippen LogP contribution in [0.1, 0.15) is 11.1 Å². The number of hydrogen-bond acceptors (Lipinski definition) is 4. The van der Waals surface area contributed by atoms with E-state index >= 15 is 0 Å². The van der Waals surface area contributed by atoms with E-state index in [2.05, 4.69) is 54.2 Å². The molecule has 4 rings (SSSR count). The Balaban J connectivity index is 1.35. The van der Waals surface area contributed by atoms with Crippen LogP contribution in [0.3, 0.4) is 0 Å². The van der Waals surface area contributed by atoms with E-state index in [9.17, 15) is 4.79 Å². The molecule has 2 saturated heterocycles. The monoisotopic (exact) mass is 407 g/mol. The highest BCUT2D eigenvalue weighted by molar-refractivity contribution is 5.79. The van der Waals surface area contributed by atoms with Crippen molar-refractivity contribution in [2.45, 2.75) is 13.5 Å². The van der Waals surface area contributed by atoms with Gasteiger partial charge in [-0.1, -0.05) is 42.5 Å². The minimum atomic E-state index is 0.0900. The molecule has 160 valence electrons. The number of aryl methyl sites for hydroxylation is 1. The zero-order valence-electron chi connectivity index (χ0n) is 18.4. The van der Waals surface area contributed by atoms with Gasteiger partial charge in [0.25, 0.3) is 5.91 Å². The average Bonchev–Trinajstić information content (AvgIpc) is 3.03. The quantitative estimate of drug-likeness (QED) is 0.707. The van der Waals surface area contributed by atoms with Crippen LogP contribution in [0, 0.1) is 18.3 Å². The Morgan fingerprint density at radius 2 is 1.87 bits per heavy atom. The first-order valence-corrected chi connectivity index (χ1v) is 10.8. The molecule has 2 aliphatic heterocycles. The summed E-state index contributed by atoms with van der Waals surface area (Å²) in [5.41, 5.74) is 2.70. The van der Waals surface area contributed by atoms with Gasteiger partial charge in [0.15, 0.2) is 6.61 Å². The summed E-state index contributed by atoms with van der Waals surface area (Å²) in [5, 5.41) is 0. The lowest BCUT2D eigenvalue weighted by Gasteiger charge is -2.51. The van der Waals surface area contributed by atoms with Gasteiger partial charge < -0.3 is 14.5 Å². The third kappa shape index (κ3) is 4.68. The second-order valence-corrected chi connectivity index (χ2v) is 9.33. The van der Waals surface area contributed by atoms with Crippen LogP contribution in [0.2, 0.25) is 0 Å². The molecule has 5 heteroatoms. The fourth-order valence-electron chi connectivity index (χ4n) is 4.99. The molecule has 2 aliphatic rings. The highest BCUT2D eigenvalue weighted by atomic mass is 16.5. The van der Waals surface area contributed by atoms with Crippen molar-refractivity contribution < 1.29 is 9.53 Å². The number of rotatable bonds is 7. The minimum Gasteiger partial charge on any atom is -0.484 e. The van der Waals surface area contributed by atoms with Crippen molar-refractivity contribution in [1.29, 1.82) is 0 Å². The van der Waals surface area contributed by atoms with Gasteiger partial charge in [0.1, 0.15) is 5.75 Å². The number of nitrogens with zero attached hydrogens (tertiary/aromatic N) is 3. The first-order valence-electron chi connectivity index (χ1n) is 10.8. The molecule has 0 radical (unpaired) electrons. The third-order valence-corrected chi connectivity index (χ3v) is 6.43. The SMILES string of the molecule is Cc1cccc(OCC(=O)N2CC3(CN(Cc4ccccc4)CC3CN(C)C)C2)c1. The lowest BCUT2D eigenvalue weighted by atomic mass is 9.71. The summed E-state index contributed by atoms with van der Waals surface area (Å²) in [6.07, 6.45) is 0. The molecular weight excluding hydrogens is 374 g/mol. The van der Waals surface area contributed by atoms with Crippen LogP contribution in [0.5, 0.6) is 5.75 Å². The maximum absolute atomic E-state index is 12.7. The van der Waals surface area contributed by atoms with Crippen molar-refractivity contribution in [1.82, 2.24) is 14.7 Å². The van der Waals surface area contributed by atoms with Crippen LogP contribution in [-0.4, -0.2) is 74.0 Å². The molecule has 2 aromatic carbocycles. The topological polar surface area (TPSA) is 36.0 Å². The van der Waals surface area contributed by atoms with Gasteiger partial charge in [-0.25, -0.2) is 0 Å². The van der Waals surface area contributed by atoms with E-state index in [-0.39, 0.29) is 17.9 Å². The smallest absolute Gasteiger partial charge is 0.260 e. The minimum absolute atomic E-state index is 0.0900. The predicted octanol–water partition coefficient (Wildman–Crippen LogP) is 2.90. The van der Waals surface area contributed by atoms with Crippen LogP contribution in [0.4, 0.5) is 0 Å². The van der Waals surface area contributed by atoms with E-state index in [1.54, 1.807) is 0 Å². The van der Waals surface area contributed by atoms with Crippen LogP contribution >= 0.6 is 0 Å². The molecule has 5 nitrogen and oxygen atoms in total. The average molecular weight is 408 g/mol. The summed E-state index contributed by atoms with van der Waals surface area (Å²) in [6.45, 7) is 8.02. The molecule has 1 spiro atoms.